The second-order valence-corrected chi connectivity index (χ2v) is 5.26. The van der Waals surface area contributed by atoms with Crippen LogP contribution in [0.5, 0.6) is 0 Å². The van der Waals surface area contributed by atoms with Gasteiger partial charge >= 0.3 is 0 Å². The lowest BCUT2D eigenvalue weighted by Crippen LogP contribution is -2.24. The highest BCUT2D eigenvalue weighted by Gasteiger charge is 2.09. The minimum Gasteiger partial charge on any atom is -0.377 e. The third-order valence-corrected chi connectivity index (χ3v) is 3.48. The van der Waals surface area contributed by atoms with Gasteiger partial charge in [-0.3, -0.25) is 9.78 Å². The topological polar surface area (TPSA) is 59.8 Å². The molecular formula is C15H19ClN4O. The van der Waals surface area contributed by atoms with Gasteiger partial charge in [0.05, 0.1) is 24.1 Å². The largest absolute Gasteiger partial charge is 0.377 e. The standard InChI is InChI=1S/C15H19ClN4O/c1-3-4-8-20-15(21)14(16)13(10-18-20)17-9-12-7-5-6-11(2)19-12/h5-7,10,17H,3-4,8-9H2,1-2H3. The predicted molar refractivity (Wildman–Crippen MR) is 84.7 cm³/mol. The lowest BCUT2D eigenvalue weighted by molar-refractivity contribution is 0.543. The van der Waals surface area contributed by atoms with Gasteiger partial charge in [-0.15, -0.1) is 0 Å². The maximum Gasteiger partial charge on any atom is 0.287 e. The molecule has 0 radical (unpaired) electrons. The van der Waals surface area contributed by atoms with Crippen LogP contribution in [0.1, 0.15) is 31.2 Å². The highest BCUT2D eigenvalue weighted by molar-refractivity contribution is 6.32. The maximum atomic E-state index is 12.1. The number of unbranched alkanes of at least 4 members (excludes halogenated alkanes) is 1. The van der Waals surface area contributed by atoms with Gasteiger partial charge < -0.3 is 5.32 Å². The van der Waals surface area contributed by atoms with Crippen molar-refractivity contribution in [2.75, 3.05) is 5.32 Å². The van der Waals surface area contributed by atoms with E-state index in [-0.39, 0.29) is 10.6 Å². The smallest absolute Gasteiger partial charge is 0.287 e. The van der Waals surface area contributed by atoms with Gasteiger partial charge in [-0.25, -0.2) is 4.68 Å². The SMILES string of the molecule is CCCCn1ncc(NCc2cccc(C)n2)c(Cl)c1=O. The van der Waals surface area contributed by atoms with Crippen molar-refractivity contribution in [1.29, 1.82) is 0 Å². The van der Waals surface area contributed by atoms with Crippen LogP contribution < -0.4 is 10.9 Å². The van der Waals surface area contributed by atoms with E-state index in [2.05, 4.69) is 22.3 Å². The Morgan fingerprint density at radius 1 is 1.38 bits per heavy atom. The molecule has 2 aromatic rings. The molecule has 2 heterocycles. The van der Waals surface area contributed by atoms with Crippen LogP contribution >= 0.6 is 11.6 Å². The van der Waals surface area contributed by atoms with E-state index in [1.165, 1.54) is 4.68 Å². The van der Waals surface area contributed by atoms with Crippen LogP contribution in [0.2, 0.25) is 5.02 Å². The summed E-state index contributed by atoms with van der Waals surface area (Å²) < 4.78 is 1.40. The Morgan fingerprint density at radius 2 is 2.19 bits per heavy atom. The summed E-state index contributed by atoms with van der Waals surface area (Å²) in [5.74, 6) is 0. The molecule has 0 bridgehead atoms. The predicted octanol–water partition coefficient (Wildman–Crippen LogP) is 3.01. The average Bonchev–Trinajstić information content (AvgIpc) is 2.48. The summed E-state index contributed by atoms with van der Waals surface area (Å²) in [6.07, 6.45) is 3.50. The first kappa shape index (κ1) is 15.5. The van der Waals surface area contributed by atoms with Gasteiger partial charge in [0.1, 0.15) is 5.02 Å². The fourth-order valence-corrected chi connectivity index (χ4v) is 2.15. The fourth-order valence-electron chi connectivity index (χ4n) is 1.94. The number of rotatable bonds is 6. The van der Waals surface area contributed by atoms with E-state index in [1.807, 2.05) is 25.1 Å². The van der Waals surface area contributed by atoms with Crippen molar-refractivity contribution in [2.45, 2.75) is 39.8 Å². The molecule has 0 saturated heterocycles. The van der Waals surface area contributed by atoms with Gasteiger partial charge in [0.15, 0.2) is 0 Å². The molecule has 2 aromatic heterocycles. The lowest BCUT2D eigenvalue weighted by atomic mass is 10.3. The van der Waals surface area contributed by atoms with Gasteiger partial charge in [0.2, 0.25) is 0 Å². The number of nitrogens with one attached hydrogen (secondary N) is 1. The van der Waals surface area contributed by atoms with E-state index in [0.29, 0.717) is 18.8 Å². The highest BCUT2D eigenvalue weighted by atomic mass is 35.5. The van der Waals surface area contributed by atoms with Crippen molar-refractivity contribution in [1.82, 2.24) is 14.8 Å². The Balaban J connectivity index is 2.10. The van der Waals surface area contributed by atoms with Crippen LogP contribution in [0.4, 0.5) is 5.69 Å². The second-order valence-electron chi connectivity index (χ2n) is 4.88. The Kier molecular flexibility index (Phi) is 5.33. The van der Waals surface area contributed by atoms with E-state index in [0.717, 1.165) is 24.2 Å². The normalized spacial score (nSPS) is 10.6. The Bertz CT molecular complexity index is 669. The molecule has 0 spiro atoms. The molecular weight excluding hydrogens is 288 g/mol. The molecule has 0 aliphatic carbocycles. The molecule has 0 atom stereocenters. The molecule has 0 aliphatic rings. The number of aromatic nitrogens is 3. The molecule has 0 aromatic carbocycles. The first-order valence-electron chi connectivity index (χ1n) is 7.04. The number of pyridine rings is 1. The lowest BCUT2D eigenvalue weighted by Gasteiger charge is -2.10. The minimum atomic E-state index is -0.257. The summed E-state index contributed by atoms with van der Waals surface area (Å²) in [6, 6.07) is 5.80. The van der Waals surface area contributed by atoms with Crippen molar-refractivity contribution >= 4 is 17.3 Å². The fraction of sp³-hybridized carbons (Fsp3) is 0.400. The number of aryl methyl sites for hydroxylation is 2. The van der Waals surface area contributed by atoms with E-state index in [1.54, 1.807) is 6.20 Å². The molecule has 21 heavy (non-hydrogen) atoms. The highest BCUT2D eigenvalue weighted by Crippen LogP contribution is 2.16. The summed E-state index contributed by atoms with van der Waals surface area (Å²) in [5.41, 5.74) is 2.12. The van der Waals surface area contributed by atoms with Gasteiger partial charge in [-0.1, -0.05) is 31.0 Å². The first-order chi connectivity index (χ1) is 10.1. The molecule has 6 heteroatoms. The summed E-state index contributed by atoms with van der Waals surface area (Å²) in [7, 11) is 0. The van der Waals surface area contributed by atoms with Crippen molar-refractivity contribution in [3.05, 3.63) is 51.2 Å². The average molecular weight is 307 g/mol. The van der Waals surface area contributed by atoms with Gasteiger partial charge in [0.25, 0.3) is 5.56 Å². The zero-order chi connectivity index (χ0) is 15.2. The van der Waals surface area contributed by atoms with E-state index < -0.39 is 0 Å². The number of hydrogen-bond acceptors (Lipinski definition) is 4. The van der Waals surface area contributed by atoms with Crippen molar-refractivity contribution in [3.63, 3.8) is 0 Å². The summed E-state index contributed by atoms with van der Waals surface area (Å²) >= 11 is 6.12. The Hall–Kier alpha value is -1.88. The second kappa shape index (κ2) is 7.22. The minimum absolute atomic E-state index is 0.175. The third kappa shape index (κ3) is 4.04. The zero-order valence-electron chi connectivity index (χ0n) is 12.3. The maximum absolute atomic E-state index is 12.1. The molecule has 0 unspecified atom stereocenters. The summed E-state index contributed by atoms with van der Waals surface area (Å²) in [4.78, 5) is 16.5. The van der Waals surface area contributed by atoms with Crippen LogP contribution in [0.25, 0.3) is 0 Å². The van der Waals surface area contributed by atoms with Gasteiger partial charge in [0, 0.05) is 12.2 Å². The third-order valence-electron chi connectivity index (χ3n) is 3.11. The van der Waals surface area contributed by atoms with Crippen molar-refractivity contribution in [3.8, 4) is 0 Å². The number of anilines is 1. The van der Waals surface area contributed by atoms with E-state index >= 15 is 0 Å². The molecule has 0 fully saturated rings. The summed E-state index contributed by atoms with van der Waals surface area (Å²) in [6.45, 7) is 5.10. The molecule has 2 rings (SSSR count). The van der Waals surface area contributed by atoms with Crippen molar-refractivity contribution < 1.29 is 0 Å². The quantitative estimate of drug-likeness (QED) is 0.891. The molecule has 5 nitrogen and oxygen atoms in total. The number of hydrogen-bond donors (Lipinski definition) is 1. The van der Waals surface area contributed by atoms with Crippen LogP contribution in [-0.2, 0) is 13.1 Å². The molecule has 0 aliphatic heterocycles. The van der Waals surface area contributed by atoms with Crippen LogP contribution in [0, 0.1) is 6.92 Å². The number of nitrogens with zero attached hydrogens (tertiary/aromatic N) is 3. The van der Waals surface area contributed by atoms with Crippen LogP contribution in [-0.4, -0.2) is 14.8 Å². The summed E-state index contributed by atoms with van der Waals surface area (Å²) in [5, 5.41) is 7.43. The Labute approximate surface area is 129 Å². The van der Waals surface area contributed by atoms with Gasteiger partial charge in [-0.2, -0.15) is 5.10 Å². The molecule has 0 saturated carbocycles. The monoisotopic (exact) mass is 306 g/mol. The van der Waals surface area contributed by atoms with Crippen molar-refractivity contribution in [2.24, 2.45) is 0 Å². The van der Waals surface area contributed by atoms with E-state index in [9.17, 15) is 4.79 Å². The number of halogens is 1. The van der Waals surface area contributed by atoms with Crippen LogP contribution in [0.3, 0.4) is 0 Å². The molecule has 112 valence electrons. The molecule has 0 amide bonds. The van der Waals surface area contributed by atoms with Gasteiger partial charge in [-0.05, 0) is 25.5 Å². The van der Waals surface area contributed by atoms with E-state index in [4.69, 9.17) is 11.6 Å². The Morgan fingerprint density at radius 3 is 2.90 bits per heavy atom. The zero-order valence-corrected chi connectivity index (χ0v) is 13.0. The van der Waals surface area contributed by atoms with Crippen LogP contribution in [0.15, 0.2) is 29.2 Å². The first-order valence-corrected chi connectivity index (χ1v) is 7.41. The molecule has 1 N–H and O–H groups in total.